The predicted octanol–water partition coefficient (Wildman–Crippen LogP) is 3.32. The van der Waals surface area contributed by atoms with Crippen LogP contribution in [0, 0.1) is 34.5 Å². The van der Waals surface area contributed by atoms with E-state index in [1.165, 1.54) is 0 Å². The molecule has 0 bridgehead atoms. The summed E-state index contributed by atoms with van der Waals surface area (Å²) in [7, 11) is 0. The van der Waals surface area contributed by atoms with Crippen LogP contribution in [0.5, 0.6) is 0 Å². The maximum atomic E-state index is 13.1. The van der Waals surface area contributed by atoms with E-state index in [1.807, 2.05) is 6.92 Å². The molecule has 4 saturated carbocycles. The summed E-state index contributed by atoms with van der Waals surface area (Å²) in [6.07, 6.45) is 7.17. The minimum absolute atomic E-state index is 0.0960. The van der Waals surface area contributed by atoms with E-state index in [-0.39, 0.29) is 22.9 Å². The van der Waals surface area contributed by atoms with Crippen LogP contribution in [-0.4, -0.2) is 27.7 Å². The third-order valence-corrected chi connectivity index (χ3v) is 9.00. The minimum atomic E-state index is -0.622. The summed E-state index contributed by atoms with van der Waals surface area (Å²) >= 11 is 0. The van der Waals surface area contributed by atoms with Crippen molar-refractivity contribution in [2.45, 2.75) is 83.8 Å². The highest BCUT2D eigenvalue weighted by atomic mass is 16.3. The fourth-order valence-corrected chi connectivity index (χ4v) is 7.16. The lowest BCUT2D eigenvalue weighted by Gasteiger charge is -2.60. The van der Waals surface area contributed by atoms with E-state index in [2.05, 4.69) is 13.8 Å². The molecule has 4 fully saturated rings. The molecule has 4 rings (SSSR count). The second-order valence-corrected chi connectivity index (χ2v) is 9.81. The fourth-order valence-electron chi connectivity index (χ4n) is 7.16. The topological polar surface area (TPSA) is 57.5 Å². The van der Waals surface area contributed by atoms with Crippen molar-refractivity contribution in [2.24, 2.45) is 34.5 Å². The average Bonchev–Trinajstić information content (AvgIpc) is 2.72. The number of ketones is 1. The van der Waals surface area contributed by atoms with Crippen LogP contribution in [0.4, 0.5) is 0 Å². The summed E-state index contributed by atoms with van der Waals surface area (Å²) < 4.78 is 0. The standard InChI is InChI=1S/C20H32O3/c1-18-7-4-13(21)10-12(18)11-16(22)17-14(18)5-8-19(2)15(17)6-9-20(19,3)23/h12-15,17,21,23H,4-11H2,1-3H3/t12?,13?,14-,15+,17-,18+,19+,20?/m1/s1. The van der Waals surface area contributed by atoms with Gasteiger partial charge in [0, 0.05) is 12.3 Å². The van der Waals surface area contributed by atoms with Crippen LogP contribution in [0.2, 0.25) is 0 Å². The van der Waals surface area contributed by atoms with Crippen molar-refractivity contribution in [3.05, 3.63) is 0 Å². The van der Waals surface area contributed by atoms with Gasteiger partial charge < -0.3 is 10.2 Å². The Morgan fingerprint density at radius 3 is 2.43 bits per heavy atom. The van der Waals surface area contributed by atoms with Crippen molar-refractivity contribution < 1.29 is 15.0 Å². The van der Waals surface area contributed by atoms with Gasteiger partial charge in [0.15, 0.2) is 0 Å². The first-order valence-corrected chi connectivity index (χ1v) is 9.62. The Balaban J connectivity index is 1.70. The van der Waals surface area contributed by atoms with E-state index in [1.54, 1.807) is 0 Å². The molecule has 130 valence electrons. The first-order valence-electron chi connectivity index (χ1n) is 9.62. The van der Waals surface area contributed by atoms with Crippen molar-refractivity contribution in [3.8, 4) is 0 Å². The molecule has 0 heterocycles. The second-order valence-electron chi connectivity index (χ2n) is 9.81. The molecule has 0 aliphatic heterocycles. The Morgan fingerprint density at radius 1 is 1.00 bits per heavy atom. The summed E-state index contributed by atoms with van der Waals surface area (Å²) in [6, 6.07) is 0. The number of carbonyl (C=O) groups excluding carboxylic acids is 1. The van der Waals surface area contributed by atoms with Crippen LogP contribution in [0.15, 0.2) is 0 Å². The highest BCUT2D eigenvalue weighted by Crippen LogP contribution is 2.67. The Bertz CT molecular complexity index is 527. The van der Waals surface area contributed by atoms with E-state index in [0.29, 0.717) is 30.0 Å². The summed E-state index contributed by atoms with van der Waals surface area (Å²) in [5, 5.41) is 21.0. The van der Waals surface area contributed by atoms with E-state index < -0.39 is 5.60 Å². The number of aliphatic hydroxyl groups excluding tert-OH is 1. The minimum Gasteiger partial charge on any atom is -0.393 e. The van der Waals surface area contributed by atoms with Gasteiger partial charge in [-0.1, -0.05) is 13.8 Å². The SMILES string of the molecule is CC1(O)CC[C@H]2[C@@H]3C(=O)CC4CC(O)CC[C@]4(C)[C@@H]3CC[C@@]21C. The van der Waals surface area contributed by atoms with Crippen LogP contribution in [0.1, 0.15) is 72.1 Å². The molecular weight excluding hydrogens is 288 g/mol. The van der Waals surface area contributed by atoms with E-state index in [4.69, 9.17) is 0 Å². The lowest BCUT2D eigenvalue weighted by Crippen LogP contribution is -2.59. The molecule has 0 aromatic rings. The van der Waals surface area contributed by atoms with Crippen molar-refractivity contribution in [2.75, 3.05) is 0 Å². The zero-order valence-electron chi connectivity index (χ0n) is 14.8. The van der Waals surface area contributed by atoms with Gasteiger partial charge in [-0.3, -0.25) is 4.79 Å². The molecule has 0 saturated heterocycles. The molecule has 23 heavy (non-hydrogen) atoms. The van der Waals surface area contributed by atoms with Crippen LogP contribution >= 0.6 is 0 Å². The molecule has 4 aliphatic carbocycles. The number of carbonyl (C=O) groups is 1. The first-order chi connectivity index (χ1) is 10.7. The first kappa shape index (κ1) is 16.1. The lowest BCUT2D eigenvalue weighted by atomic mass is 9.44. The number of Topliss-reactive ketones (excluding diaryl/α,β-unsaturated/α-hetero) is 1. The third kappa shape index (κ3) is 1.99. The van der Waals surface area contributed by atoms with Crippen molar-refractivity contribution in [1.82, 2.24) is 0 Å². The zero-order valence-corrected chi connectivity index (χ0v) is 14.8. The third-order valence-electron chi connectivity index (χ3n) is 9.00. The molecule has 4 aliphatic rings. The van der Waals surface area contributed by atoms with Gasteiger partial charge >= 0.3 is 0 Å². The molecule has 0 spiro atoms. The molecule has 8 atom stereocenters. The number of hydrogen-bond acceptors (Lipinski definition) is 3. The molecule has 3 unspecified atom stereocenters. The molecule has 0 aromatic heterocycles. The Hall–Kier alpha value is -0.410. The summed E-state index contributed by atoms with van der Waals surface area (Å²) in [5.74, 6) is 1.77. The normalized spacial score (nSPS) is 59.2. The van der Waals surface area contributed by atoms with Gasteiger partial charge in [0.25, 0.3) is 0 Å². The molecule has 2 N–H and O–H groups in total. The summed E-state index contributed by atoms with van der Waals surface area (Å²) in [4.78, 5) is 13.1. The van der Waals surface area contributed by atoms with E-state index in [9.17, 15) is 15.0 Å². The number of aliphatic hydroxyl groups is 2. The van der Waals surface area contributed by atoms with Crippen LogP contribution in [0.25, 0.3) is 0 Å². The van der Waals surface area contributed by atoms with Gasteiger partial charge in [-0.05, 0) is 80.5 Å². The monoisotopic (exact) mass is 320 g/mol. The molecule has 0 aromatic carbocycles. The molecule has 3 nitrogen and oxygen atoms in total. The average molecular weight is 320 g/mol. The lowest BCUT2D eigenvalue weighted by molar-refractivity contribution is -0.169. The Kier molecular flexibility index (Phi) is 3.37. The van der Waals surface area contributed by atoms with Gasteiger partial charge in [0.05, 0.1) is 11.7 Å². The van der Waals surface area contributed by atoms with Gasteiger partial charge in [-0.25, -0.2) is 0 Å². The van der Waals surface area contributed by atoms with Gasteiger partial charge in [-0.2, -0.15) is 0 Å². The van der Waals surface area contributed by atoms with Crippen molar-refractivity contribution in [1.29, 1.82) is 0 Å². The van der Waals surface area contributed by atoms with Gasteiger partial charge in [-0.15, -0.1) is 0 Å². The van der Waals surface area contributed by atoms with E-state index >= 15 is 0 Å². The Morgan fingerprint density at radius 2 is 1.70 bits per heavy atom. The largest absolute Gasteiger partial charge is 0.393 e. The maximum Gasteiger partial charge on any atom is 0.136 e. The van der Waals surface area contributed by atoms with E-state index in [0.717, 1.165) is 44.9 Å². The summed E-state index contributed by atoms with van der Waals surface area (Å²) in [5.41, 5.74) is -0.502. The molecular formula is C20H32O3. The van der Waals surface area contributed by atoms with Gasteiger partial charge in [0.1, 0.15) is 5.78 Å². The maximum absolute atomic E-state index is 13.1. The number of rotatable bonds is 0. The van der Waals surface area contributed by atoms with Crippen LogP contribution in [-0.2, 0) is 4.79 Å². The highest BCUT2D eigenvalue weighted by Gasteiger charge is 2.65. The Labute approximate surface area is 139 Å². The molecule has 0 radical (unpaired) electrons. The van der Waals surface area contributed by atoms with Crippen LogP contribution < -0.4 is 0 Å². The highest BCUT2D eigenvalue weighted by molar-refractivity contribution is 5.83. The number of hydrogen-bond donors (Lipinski definition) is 2. The predicted molar refractivity (Wildman–Crippen MR) is 88.7 cm³/mol. The van der Waals surface area contributed by atoms with Crippen molar-refractivity contribution >= 4 is 5.78 Å². The van der Waals surface area contributed by atoms with Crippen molar-refractivity contribution in [3.63, 3.8) is 0 Å². The fraction of sp³-hybridized carbons (Fsp3) is 0.950. The number of fused-ring (bicyclic) bond motifs is 5. The van der Waals surface area contributed by atoms with Gasteiger partial charge in [0.2, 0.25) is 0 Å². The van der Waals surface area contributed by atoms with Crippen LogP contribution in [0.3, 0.4) is 0 Å². The second kappa shape index (κ2) is 4.82. The zero-order chi connectivity index (χ0) is 16.6. The summed E-state index contributed by atoms with van der Waals surface area (Å²) in [6.45, 7) is 6.61. The quantitative estimate of drug-likeness (QED) is 0.720. The molecule has 0 amide bonds. The molecule has 3 heteroatoms. The smallest absolute Gasteiger partial charge is 0.136 e.